The van der Waals surface area contributed by atoms with Crippen molar-refractivity contribution in [2.45, 2.75) is 33.2 Å². The van der Waals surface area contributed by atoms with Gasteiger partial charge >= 0.3 is 0 Å². The Kier molecular flexibility index (Phi) is 7.50. The van der Waals surface area contributed by atoms with E-state index in [1.165, 1.54) is 0 Å². The number of nitrogens with zero attached hydrogens (tertiary/aromatic N) is 3. The number of aromatic nitrogens is 2. The van der Waals surface area contributed by atoms with Crippen molar-refractivity contribution in [1.29, 1.82) is 0 Å². The Bertz CT molecular complexity index is 1480. The van der Waals surface area contributed by atoms with Crippen LogP contribution in [0.4, 0.5) is 0 Å². The zero-order valence-electron chi connectivity index (χ0n) is 19.6. The summed E-state index contributed by atoms with van der Waals surface area (Å²) < 4.78 is 1.58. The highest BCUT2D eigenvalue weighted by Crippen LogP contribution is 2.29. The maximum absolute atomic E-state index is 13.8. The molecule has 1 aromatic heterocycles. The molecule has 180 valence electrons. The van der Waals surface area contributed by atoms with E-state index in [0.717, 1.165) is 5.56 Å². The molecule has 0 spiro atoms. The number of carbonyl (C=O) groups is 1. The fraction of sp³-hybridized carbons (Fsp3) is 0.222. The van der Waals surface area contributed by atoms with Gasteiger partial charge in [0.2, 0.25) is 0 Å². The van der Waals surface area contributed by atoms with Gasteiger partial charge in [0.05, 0.1) is 33.2 Å². The van der Waals surface area contributed by atoms with Gasteiger partial charge in [0.25, 0.3) is 11.5 Å². The number of carbonyl (C=O) groups excluding carboxylic acids is 1. The molecular weight excluding hydrogens is 505 g/mol. The number of fused-ring (bicyclic) bond motifs is 1. The number of benzene rings is 3. The second kappa shape index (κ2) is 10.4. The molecule has 1 heterocycles. The summed E-state index contributed by atoms with van der Waals surface area (Å²) in [6.07, 6.45) is 0.707. The van der Waals surface area contributed by atoms with Gasteiger partial charge in [0.1, 0.15) is 5.82 Å². The van der Waals surface area contributed by atoms with Crippen molar-refractivity contribution < 1.29 is 4.79 Å². The van der Waals surface area contributed by atoms with Crippen LogP contribution in [0.15, 0.2) is 65.5 Å². The average Bonchev–Trinajstić information content (AvgIpc) is 2.82. The molecule has 1 atom stereocenters. The van der Waals surface area contributed by atoms with E-state index in [2.05, 4.69) is 0 Å². The van der Waals surface area contributed by atoms with Gasteiger partial charge in [-0.05, 0) is 74.4 Å². The molecule has 3 aromatic carbocycles. The molecule has 0 fully saturated rings. The van der Waals surface area contributed by atoms with Gasteiger partial charge < -0.3 is 4.90 Å². The average molecular weight is 529 g/mol. The van der Waals surface area contributed by atoms with Crippen molar-refractivity contribution >= 4 is 51.6 Å². The minimum absolute atomic E-state index is 0.212. The molecule has 0 radical (unpaired) electrons. The SMILES string of the molecule is CCCN(C(=O)c1ccc(Cl)cc1Cl)C(C)c1nc2ccccc2c(=O)n1-c1ccc(Cl)cc1C. The van der Waals surface area contributed by atoms with Crippen molar-refractivity contribution in [2.75, 3.05) is 6.54 Å². The van der Waals surface area contributed by atoms with Gasteiger partial charge in [0.15, 0.2) is 0 Å². The molecule has 1 amide bonds. The maximum atomic E-state index is 13.8. The lowest BCUT2D eigenvalue weighted by atomic mass is 10.1. The number of halogens is 3. The summed E-state index contributed by atoms with van der Waals surface area (Å²) in [7, 11) is 0. The Labute approximate surface area is 218 Å². The topological polar surface area (TPSA) is 55.2 Å². The summed E-state index contributed by atoms with van der Waals surface area (Å²) in [5.41, 5.74) is 2.17. The first-order valence-electron chi connectivity index (χ1n) is 11.3. The van der Waals surface area contributed by atoms with Crippen LogP contribution in [-0.4, -0.2) is 26.9 Å². The van der Waals surface area contributed by atoms with Crippen molar-refractivity contribution in [3.63, 3.8) is 0 Å². The molecule has 0 saturated carbocycles. The first-order chi connectivity index (χ1) is 16.7. The van der Waals surface area contributed by atoms with Crippen LogP contribution in [0.25, 0.3) is 16.6 Å². The molecule has 4 rings (SSSR count). The van der Waals surface area contributed by atoms with Crippen molar-refractivity contribution in [1.82, 2.24) is 14.5 Å². The Balaban J connectivity index is 1.94. The molecule has 0 aliphatic heterocycles. The Morgan fingerprint density at radius 2 is 1.71 bits per heavy atom. The largest absolute Gasteiger partial charge is 0.329 e. The Morgan fingerprint density at radius 1 is 1.03 bits per heavy atom. The van der Waals surface area contributed by atoms with Crippen LogP contribution in [0.2, 0.25) is 15.1 Å². The molecule has 1 unspecified atom stereocenters. The summed E-state index contributed by atoms with van der Waals surface area (Å²) in [5, 5.41) is 1.79. The van der Waals surface area contributed by atoms with Gasteiger partial charge in [-0.15, -0.1) is 0 Å². The zero-order chi connectivity index (χ0) is 25.3. The van der Waals surface area contributed by atoms with E-state index >= 15 is 0 Å². The third-order valence-electron chi connectivity index (χ3n) is 5.93. The van der Waals surface area contributed by atoms with Crippen LogP contribution in [0.1, 0.15) is 48.1 Å². The smallest absolute Gasteiger partial charge is 0.266 e. The third kappa shape index (κ3) is 4.94. The van der Waals surface area contributed by atoms with E-state index in [1.54, 1.807) is 58.0 Å². The number of para-hydroxylation sites is 1. The standard InChI is InChI=1S/C27H24Cl3N3O2/c1-4-13-32(26(34)20-11-9-19(29)15-22(20)30)17(3)25-31-23-8-6-5-7-21(23)27(35)33(25)24-12-10-18(28)14-16(24)2/h5-12,14-15,17H,4,13H2,1-3H3. The highest BCUT2D eigenvalue weighted by atomic mass is 35.5. The molecule has 8 heteroatoms. The van der Waals surface area contributed by atoms with E-state index in [0.29, 0.717) is 51.0 Å². The number of hydrogen-bond donors (Lipinski definition) is 0. The quantitative estimate of drug-likeness (QED) is 0.264. The molecule has 5 nitrogen and oxygen atoms in total. The maximum Gasteiger partial charge on any atom is 0.266 e. The summed E-state index contributed by atoms with van der Waals surface area (Å²) in [6, 6.07) is 16.8. The van der Waals surface area contributed by atoms with Gasteiger partial charge in [-0.1, -0.05) is 53.9 Å². The fourth-order valence-corrected chi connectivity index (χ4v) is 4.92. The monoisotopic (exact) mass is 527 g/mol. The van der Waals surface area contributed by atoms with Gasteiger partial charge in [-0.3, -0.25) is 14.2 Å². The molecule has 35 heavy (non-hydrogen) atoms. The molecule has 0 saturated heterocycles. The summed E-state index contributed by atoms with van der Waals surface area (Å²) >= 11 is 18.6. The van der Waals surface area contributed by atoms with Gasteiger partial charge in [-0.2, -0.15) is 0 Å². The van der Waals surface area contributed by atoms with Crippen LogP contribution in [-0.2, 0) is 0 Å². The Hall–Kier alpha value is -2.86. The zero-order valence-corrected chi connectivity index (χ0v) is 21.8. The van der Waals surface area contributed by atoms with Gasteiger partial charge in [-0.25, -0.2) is 4.98 Å². The predicted octanol–water partition coefficient (Wildman–Crippen LogP) is 7.27. The predicted molar refractivity (Wildman–Crippen MR) is 143 cm³/mol. The van der Waals surface area contributed by atoms with E-state index in [9.17, 15) is 9.59 Å². The lowest BCUT2D eigenvalue weighted by Gasteiger charge is -2.31. The van der Waals surface area contributed by atoms with Crippen LogP contribution < -0.4 is 5.56 Å². The van der Waals surface area contributed by atoms with E-state index < -0.39 is 6.04 Å². The second-order valence-corrected chi connectivity index (χ2v) is 9.64. The van der Waals surface area contributed by atoms with Crippen molar-refractivity contribution in [2.24, 2.45) is 0 Å². The second-order valence-electron chi connectivity index (χ2n) is 8.36. The number of hydrogen-bond acceptors (Lipinski definition) is 3. The van der Waals surface area contributed by atoms with E-state index in [4.69, 9.17) is 39.8 Å². The molecule has 0 aliphatic rings. The number of amides is 1. The molecule has 0 aliphatic carbocycles. The highest BCUT2D eigenvalue weighted by Gasteiger charge is 2.28. The van der Waals surface area contributed by atoms with Crippen LogP contribution in [0.3, 0.4) is 0 Å². The van der Waals surface area contributed by atoms with Gasteiger partial charge in [0, 0.05) is 16.6 Å². The molecular formula is C27H24Cl3N3O2. The van der Waals surface area contributed by atoms with Crippen LogP contribution in [0.5, 0.6) is 0 Å². The number of rotatable bonds is 6. The van der Waals surface area contributed by atoms with E-state index in [-0.39, 0.29) is 16.5 Å². The minimum atomic E-state index is -0.540. The third-order valence-corrected chi connectivity index (χ3v) is 6.71. The Morgan fingerprint density at radius 3 is 2.40 bits per heavy atom. The summed E-state index contributed by atoms with van der Waals surface area (Å²) in [4.78, 5) is 34.0. The minimum Gasteiger partial charge on any atom is -0.329 e. The van der Waals surface area contributed by atoms with Crippen LogP contribution in [0, 0.1) is 6.92 Å². The lowest BCUT2D eigenvalue weighted by Crippen LogP contribution is -2.38. The normalized spacial score (nSPS) is 12.1. The van der Waals surface area contributed by atoms with Crippen LogP contribution >= 0.6 is 34.8 Å². The van der Waals surface area contributed by atoms with Crippen molar-refractivity contribution in [3.8, 4) is 5.69 Å². The lowest BCUT2D eigenvalue weighted by molar-refractivity contribution is 0.0681. The summed E-state index contributed by atoms with van der Waals surface area (Å²) in [6.45, 7) is 6.19. The molecule has 0 N–H and O–H groups in total. The van der Waals surface area contributed by atoms with Crippen molar-refractivity contribution in [3.05, 3.63) is 103 Å². The first-order valence-corrected chi connectivity index (χ1v) is 12.4. The number of aryl methyl sites for hydroxylation is 1. The molecule has 0 bridgehead atoms. The van der Waals surface area contributed by atoms with E-state index in [1.807, 2.05) is 32.9 Å². The first kappa shape index (κ1) is 25.2. The molecule has 4 aromatic rings. The fourth-order valence-electron chi connectivity index (χ4n) is 4.20. The highest BCUT2D eigenvalue weighted by molar-refractivity contribution is 6.36. The summed E-state index contributed by atoms with van der Waals surface area (Å²) in [5.74, 6) is 0.189.